The van der Waals surface area contributed by atoms with E-state index in [-0.39, 0.29) is 5.75 Å². The molecule has 142 valence electrons. The first kappa shape index (κ1) is 17.1. The molecule has 1 saturated heterocycles. The molecule has 0 bridgehead atoms. The van der Waals surface area contributed by atoms with Crippen molar-refractivity contribution in [3.63, 3.8) is 0 Å². The fourth-order valence-electron chi connectivity index (χ4n) is 4.03. The van der Waals surface area contributed by atoms with Crippen LogP contribution in [0.5, 0.6) is 5.75 Å². The van der Waals surface area contributed by atoms with E-state index in [2.05, 4.69) is 26.4 Å². The van der Waals surface area contributed by atoms with Gasteiger partial charge in [-0.1, -0.05) is 0 Å². The number of hydrogen-bond donors (Lipinski definition) is 2. The molecule has 0 radical (unpaired) electrons. The first-order chi connectivity index (χ1) is 13.6. The molecule has 3 aromatic heterocycles. The average Bonchev–Trinajstić information content (AvgIpc) is 3.11. The number of nitrogens with zero attached hydrogens (tertiary/aromatic N) is 5. The molecule has 1 aliphatic rings. The SMILES string of the molecule is Cc1c(O)c(-c2ncc3nc(C4CCNCC4)ccc3n2)cc2cn(C)nc12. The molecule has 4 heterocycles. The van der Waals surface area contributed by atoms with Gasteiger partial charge in [0, 0.05) is 35.8 Å². The van der Waals surface area contributed by atoms with Gasteiger partial charge in [0.1, 0.15) is 11.3 Å². The van der Waals surface area contributed by atoms with Crippen LogP contribution in [-0.2, 0) is 7.05 Å². The van der Waals surface area contributed by atoms with Crippen molar-refractivity contribution in [1.82, 2.24) is 30.0 Å². The van der Waals surface area contributed by atoms with Crippen LogP contribution in [-0.4, -0.2) is 42.9 Å². The van der Waals surface area contributed by atoms with Crippen LogP contribution in [0.1, 0.15) is 30.0 Å². The lowest BCUT2D eigenvalue weighted by Crippen LogP contribution is -2.27. The second-order valence-corrected chi connectivity index (χ2v) is 7.50. The van der Waals surface area contributed by atoms with Crippen LogP contribution in [0.4, 0.5) is 0 Å². The zero-order valence-corrected chi connectivity index (χ0v) is 16.0. The smallest absolute Gasteiger partial charge is 0.163 e. The van der Waals surface area contributed by atoms with E-state index in [1.54, 1.807) is 10.9 Å². The minimum absolute atomic E-state index is 0.171. The lowest BCUT2D eigenvalue weighted by Gasteiger charge is -2.22. The van der Waals surface area contributed by atoms with Crippen LogP contribution in [0.25, 0.3) is 33.3 Å². The Morgan fingerprint density at radius 1 is 1.14 bits per heavy atom. The van der Waals surface area contributed by atoms with E-state index in [0.717, 1.165) is 59.1 Å². The maximum absolute atomic E-state index is 10.7. The third kappa shape index (κ3) is 2.79. The van der Waals surface area contributed by atoms with E-state index in [9.17, 15) is 5.11 Å². The summed E-state index contributed by atoms with van der Waals surface area (Å²) in [5.41, 5.74) is 4.82. The summed E-state index contributed by atoms with van der Waals surface area (Å²) in [6.07, 6.45) is 5.90. The van der Waals surface area contributed by atoms with Gasteiger partial charge >= 0.3 is 0 Å². The molecule has 7 heteroatoms. The maximum atomic E-state index is 10.7. The van der Waals surface area contributed by atoms with E-state index in [0.29, 0.717) is 17.3 Å². The van der Waals surface area contributed by atoms with Crippen LogP contribution < -0.4 is 5.32 Å². The van der Waals surface area contributed by atoms with Crippen molar-refractivity contribution >= 4 is 21.9 Å². The number of benzene rings is 1. The minimum Gasteiger partial charge on any atom is -0.507 e. The van der Waals surface area contributed by atoms with Gasteiger partial charge in [0.05, 0.1) is 22.8 Å². The normalized spacial score (nSPS) is 15.5. The van der Waals surface area contributed by atoms with Gasteiger partial charge in [0.15, 0.2) is 5.82 Å². The summed E-state index contributed by atoms with van der Waals surface area (Å²) in [5.74, 6) is 1.16. The molecule has 5 rings (SSSR count). The third-order valence-electron chi connectivity index (χ3n) is 5.58. The molecule has 0 atom stereocenters. The van der Waals surface area contributed by atoms with E-state index in [4.69, 9.17) is 4.98 Å². The molecule has 0 spiro atoms. The Balaban J connectivity index is 1.58. The molecular formula is C21H22N6O. The number of pyridine rings is 1. The van der Waals surface area contributed by atoms with Crippen LogP contribution in [0.3, 0.4) is 0 Å². The predicted octanol–water partition coefficient (Wildman–Crippen LogP) is 3.06. The quantitative estimate of drug-likeness (QED) is 0.561. The third-order valence-corrected chi connectivity index (χ3v) is 5.58. The molecule has 1 aliphatic heterocycles. The fourth-order valence-corrected chi connectivity index (χ4v) is 4.03. The highest BCUT2D eigenvalue weighted by Crippen LogP contribution is 2.35. The van der Waals surface area contributed by atoms with Crippen LogP contribution in [0.2, 0.25) is 0 Å². The highest BCUT2D eigenvalue weighted by Gasteiger charge is 2.18. The van der Waals surface area contributed by atoms with Crippen LogP contribution in [0, 0.1) is 6.92 Å². The Bertz CT molecular complexity index is 1190. The van der Waals surface area contributed by atoms with E-state index in [1.165, 1.54) is 0 Å². The lowest BCUT2D eigenvalue weighted by molar-refractivity contribution is 0.454. The summed E-state index contributed by atoms with van der Waals surface area (Å²) in [6.45, 7) is 3.94. The number of piperidine rings is 1. The number of aryl methyl sites for hydroxylation is 2. The first-order valence-corrected chi connectivity index (χ1v) is 9.61. The molecule has 1 aromatic carbocycles. The number of nitrogens with one attached hydrogen (secondary N) is 1. The predicted molar refractivity (Wildman–Crippen MR) is 108 cm³/mol. The van der Waals surface area contributed by atoms with Gasteiger partial charge in [-0.3, -0.25) is 4.68 Å². The topological polar surface area (TPSA) is 88.8 Å². The largest absolute Gasteiger partial charge is 0.507 e. The van der Waals surface area contributed by atoms with Crippen molar-refractivity contribution in [3.05, 3.63) is 41.9 Å². The molecule has 1 fully saturated rings. The van der Waals surface area contributed by atoms with Gasteiger partial charge < -0.3 is 10.4 Å². The molecular weight excluding hydrogens is 352 g/mol. The number of rotatable bonds is 2. The Labute approximate surface area is 162 Å². The summed E-state index contributed by atoms with van der Waals surface area (Å²) >= 11 is 0. The number of aromatic nitrogens is 5. The van der Waals surface area contributed by atoms with Crippen molar-refractivity contribution in [2.75, 3.05) is 13.1 Å². The van der Waals surface area contributed by atoms with Crippen molar-refractivity contribution in [3.8, 4) is 17.1 Å². The molecule has 7 nitrogen and oxygen atoms in total. The number of hydrogen-bond acceptors (Lipinski definition) is 6. The maximum Gasteiger partial charge on any atom is 0.163 e. The molecule has 4 aromatic rings. The zero-order chi connectivity index (χ0) is 19.3. The second kappa shape index (κ2) is 6.53. The fraction of sp³-hybridized carbons (Fsp3) is 0.333. The van der Waals surface area contributed by atoms with Gasteiger partial charge in [0.25, 0.3) is 0 Å². The lowest BCUT2D eigenvalue weighted by atomic mass is 9.94. The zero-order valence-electron chi connectivity index (χ0n) is 16.0. The summed E-state index contributed by atoms with van der Waals surface area (Å²) in [5, 5.41) is 19.5. The van der Waals surface area contributed by atoms with Gasteiger partial charge in [-0.05, 0) is 51.1 Å². The monoisotopic (exact) mass is 374 g/mol. The Morgan fingerprint density at radius 3 is 2.79 bits per heavy atom. The van der Waals surface area contributed by atoms with E-state index < -0.39 is 0 Å². The summed E-state index contributed by atoms with van der Waals surface area (Å²) in [4.78, 5) is 14.0. The number of aromatic hydroxyl groups is 1. The Morgan fingerprint density at radius 2 is 1.96 bits per heavy atom. The average molecular weight is 374 g/mol. The van der Waals surface area contributed by atoms with E-state index >= 15 is 0 Å². The Kier molecular flexibility index (Phi) is 3.98. The standard InChI is InChI=1S/C21H22N6O/c1-12-19-14(11-27(2)26-19)9-15(20(12)28)21-23-10-18-17(25-21)4-3-16(24-18)13-5-7-22-8-6-13/h3-4,9-11,13,22,28H,5-8H2,1-2H3. The summed E-state index contributed by atoms with van der Waals surface area (Å²) in [6, 6.07) is 5.98. The molecule has 0 saturated carbocycles. The van der Waals surface area contributed by atoms with Crippen molar-refractivity contribution in [2.24, 2.45) is 7.05 Å². The molecule has 28 heavy (non-hydrogen) atoms. The number of fused-ring (bicyclic) bond motifs is 2. The molecule has 0 amide bonds. The van der Waals surface area contributed by atoms with Crippen LogP contribution >= 0.6 is 0 Å². The Hall–Kier alpha value is -3.06. The molecule has 0 unspecified atom stereocenters. The minimum atomic E-state index is 0.171. The van der Waals surface area contributed by atoms with E-state index in [1.807, 2.05) is 32.3 Å². The number of phenols is 1. The van der Waals surface area contributed by atoms with Gasteiger partial charge in [-0.2, -0.15) is 5.10 Å². The van der Waals surface area contributed by atoms with Gasteiger partial charge in [0.2, 0.25) is 0 Å². The van der Waals surface area contributed by atoms with Gasteiger partial charge in [-0.15, -0.1) is 0 Å². The summed E-state index contributed by atoms with van der Waals surface area (Å²) in [7, 11) is 1.87. The first-order valence-electron chi connectivity index (χ1n) is 9.61. The van der Waals surface area contributed by atoms with Crippen molar-refractivity contribution < 1.29 is 5.11 Å². The van der Waals surface area contributed by atoms with Crippen molar-refractivity contribution in [1.29, 1.82) is 0 Å². The highest BCUT2D eigenvalue weighted by molar-refractivity contribution is 5.90. The van der Waals surface area contributed by atoms with Gasteiger partial charge in [-0.25, -0.2) is 15.0 Å². The molecule has 2 N–H and O–H groups in total. The van der Waals surface area contributed by atoms with Crippen LogP contribution in [0.15, 0.2) is 30.6 Å². The molecule has 0 aliphatic carbocycles. The number of phenolic OH excluding ortho intramolecular Hbond substituents is 1. The highest BCUT2D eigenvalue weighted by atomic mass is 16.3. The summed E-state index contributed by atoms with van der Waals surface area (Å²) < 4.78 is 1.74. The van der Waals surface area contributed by atoms with Crippen molar-refractivity contribution in [2.45, 2.75) is 25.7 Å². The second-order valence-electron chi connectivity index (χ2n) is 7.50.